The van der Waals surface area contributed by atoms with Crippen LogP contribution >= 0.6 is 0 Å². The smallest absolute Gasteiger partial charge is 0.141 e. The summed E-state index contributed by atoms with van der Waals surface area (Å²) in [4.78, 5) is 14.1. The van der Waals surface area contributed by atoms with E-state index >= 15 is 0 Å². The molecule has 74 valence electrons. The molecule has 1 heterocycles. The highest BCUT2D eigenvalue weighted by molar-refractivity contribution is 5.86. The van der Waals surface area contributed by atoms with Gasteiger partial charge in [0.05, 0.1) is 0 Å². The normalized spacial score (nSPS) is 35.5. The van der Waals surface area contributed by atoms with E-state index in [1.807, 2.05) is 0 Å². The molecule has 2 nitrogen and oxygen atoms in total. The first-order valence-electron chi connectivity index (χ1n) is 5.27. The average molecular weight is 181 g/mol. The fourth-order valence-electron chi connectivity index (χ4n) is 2.54. The predicted octanol–water partition coefficient (Wildman–Crippen LogP) is 1.70. The molecule has 2 rings (SSSR count). The van der Waals surface area contributed by atoms with Crippen LogP contribution in [0.3, 0.4) is 0 Å². The van der Waals surface area contributed by atoms with Crippen LogP contribution in [0, 0.1) is 11.8 Å². The van der Waals surface area contributed by atoms with E-state index in [0.29, 0.717) is 17.6 Å². The second-order valence-electron chi connectivity index (χ2n) is 5.45. The zero-order chi connectivity index (χ0) is 9.64. The lowest BCUT2D eigenvalue weighted by atomic mass is 9.92. The van der Waals surface area contributed by atoms with E-state index in [4.69, 9.17) is 0 Å². The molecule has 0 aromatic heterocycles. The number of carbonyl (C=O) groups is 1. The van der Waals surface area contributed by atoms with Crippen molar-refractivity contribution in [3.05, 3.63) is 0 Å². The Kier molecular flexibility index (Phi) is 1.99. The van der Waals surface area contributed by atoms with Crippen LogP contribution in [0.25, 0.3) is 0 Å². The van der Waals surface area contributed by atoms with Crippen LogP contribution < -0.4 is 0 Å². The number of piperidine rings is 1. The van der Waals surface area contributed by atoms with Crippen LogP contribution in [-0.4, -0.2) is 29.3 Å². The molecule has 2 atom stereocenters. The Balaban J connectivity index is 2.11. The number of likely N-dealkylation sites (tertiary alicyclic amines) is 1. The van der Waals surface area contributed by atoms with Gasteiger partial charge in [-0.2, -0.15) is 0 Å². The molecule has 0 aromatic rings. The zero-order valence-corrected chi connectivity index (χ0v) is 8.84. The van der Waals surface area contributed by atoms with Gasteiger partial charge in [0.15, 0.2) is 0 Å². The Morgan fingerprint density at radius 1 is 1.15 bits per heavy atom. The Morgan fingerprint density at radius 2 is 1.62 bits per heavy atom. The van der Waals surface area contributed by atoms with Gasteiger partial charge in [0.1, 0.15) is 5.78 Å². The third-order valence-corrected chi connectivity index (χ3v) is 3.50. The number of ketones is 1. The molecule has 1 aliphatic heterocycles. The summed E-state index contributed by atoms with van der Waals surface area (Å²) in [5.74, 6) is 1.26. The van der Waals surface area contributed by atoms with Gasteiger partial charge < -0.3 is 0 Å². The minimum Gasteiger partial charge on any atom is -0.299 e. The van der Waals surface area contributed by atoms with Gasteiger partial charge in [-0.3, -0.25) is 9.69 Å². The van der Waals surface area contributed by atoms with E-state index in [9.17, 15) is 4.79 Å². The van der Waals surface area contributed by atoms with Crippen LogP contribution in [0.1, 0.15) is 33.6 Å². The highest BCUT2D eigenvalue weighted by atomic mass is 16.1. The van der Waals surface area contributed by atoms with Crippen molar-refractivity contribution >= 4 is 5.78 Å². The Hall–Kier alpha value is -0.370. The fourth-order valence-corrected chi connectivity index (χ4v) is 2.54. The van der Waals surface area contributed by atoms with Crippen LogP contribution in [0.4, 0.5) is 0 Å². The molecule has 13 heavy (non-hydrogen) atoms. The maximum atomic E-state index is 11.6. The first-order chi connectivity index (χ1) is 5.98. The van der Waals surface area contributed by atoms with Gasteiger partial charge in [-0.05, 0) is 33.6 Å². The minimum atomic E-state index is 0.238. The maximum Gasteiger partial charge on any atom is 0.141 e. The first-order valence-corrected chi connectivity index (χ1v) is 5.27. The van der Waals surface area contributed by atoms with E-state index in [2.05, 4.69) is 25.7 Å². The molecule has 2 bridgehead atoms. The van der Waals surface area contributed by atoms with Gasteiger partial charge in [-0.15, -0.1) is 0 Å². The molecule has 0 radical (unpaired) electrons. The second-order valence-corrected chi connectivity index (χ2v) is 5.45. The van der Waals surface area contributed by atoms with Gasteiger partial charge in [-0.1, -0.05) is 0 Å². The average Bonchev–Trinajstić information content (AvgIpc) is 2.29. The Bertz CT molecular complexity index is 213. The minimum absolute atomic E-state index is 0.238. The van der Waals surface area contributed by atoms with E-state index in [0.717, 1.165) is 25.9 Å². The molecule has 2 aliphatic rings. The van der Waals surface area contributed by atoms with Crippen LogP contribution in [0.15, 0.2) is 0 Å². The third kappa shape index (κ3) is 1.52. The first kappa shape index (κ1) is 9.20. The van der Waals surface area contributed by atoms with E-state index in [-0.39, 0.29) is 5.54 Å². The summed E-state index contributed by atoms with van der Waals surface area (Å²) in [6, 6.07) is 0. The van der Waals surface area contributed by atoms with Crippen molar-refractivity contribution < 1.29 is 4.79 Å². The molecule has 1 saturated heterocycles. The van der Waals surface area contributed by atoms with Crippen molar-refractivity contribution in [2.24, 2.45) is 11.8 Å². The lowest BCUT2D eigenvalue weighted by Gasteiger charge is -2.40. The predicted molar refractivity (Wildman–Crippen MR) is 52.5 cm³/mol. The summed E-state index contributed by atoms with van der Waals surface area (Å²) in [6.45, 7) is 8.71. The molecule has 0 unspecified atom stereocenters. The summed E-state index contributed by atoms with van der Waals surface area (Å²) in [7, 11) is 0. The van der Waals surface area contributed by atoms with Crippen molar-refractivity contribution in [1.82, 2.24) is 4.90 Å². The van der Waals surface area contributed by atoms with Crippen molar-refractivity contribution in [3.63, 3.8) is 0 Å². The van der Waals surface area contributed by atoms with Crippen LogP contribution in [0.5, 0.6) is 0 Å². The number of nitrogens with zero attached hydrogens (tertiary/aromatic N) is 1. The molecule has 2 fully saturated rings. The summed E-state index contributed by atoms with van der Waals surface area (Å²) in [6.07, 6.45) is 2.27. The van der Waals surface area contributed by atoms with Crippen molar-refractivity contribution in [3.8, 4) is 0 Å². The summed E-state index contributed by atoms with van der Waals surface area (Å²) in [5, 5.41) is 0. The molecule has 0 aromatic carbocycles. The number of Topliss-reactive ketones (excluding diaryl/α,β-unsaturated/α-hetero) is 1. The van der Waals surface area contributed by atoms with Gasteiger partial charge in [0.25, 0.3) is 0 Å². The lowest BCUT2D eigenvalue weighted by molar-refractivity contribution is -0.129. The standard InChI is InChI=1S/C11H19NO/c1-11(2,3)12-6-8-4-5-9(7-12)10(8)13/h8-9H,4-7H2,1-3H3/t8-,9-/m0/s1. The van der Waals surface area contributed by atoms with Crippen molar-refractivity contribution in [2.75, 3.05) is 13.1 Å². The summed E-state index contributed by atoms with van der Waals surface area (Å²) in [5.41, 5.74) is 0.238. The van der Waals surface area contributed by atoms with Gasteiger partial charge in [0, 0.05) is 30.5 Å². The van der Waals surface area contributed by atoms with E-state index in [1.165, 1.54) is 0 Å². The molecule has 0 amide bonds. The highest BCUT2D eigenvalue weighted by Gasteiger charge is 2.43. The maximum absolute atomic E-state index is 11.6. The molecule has 1 saturated carbocycles. The SMILES string of the molecule is CC(C)(C)N1C[C@@H]2CC[C@@H](C1)C2=O. The summed E-state index contributed by atoms with van der Waals surface area (Å²) >= 11 is 0. The third-order valence-electron chi connectivity index (χ3n) is 3.50. The topological polar surface area (TPSA) is 20.3 Å². The summed E-state index contributed by atoms with van der Waals surface area (Å²) < 4.78 is 0. The highest BCUT2D eigenvalue weighted by Crippen LogP contribution is 2.35. The van der Waals surface area contributed by atoms with Crippen LogP contribution in [0.2, 0.25) is 0 Å². The molecule has 0 spiro atoms. The number of fused-ring (bicyclic) bond motifs is 2. The zero-order valence-electron chi connectivity index (χ0n) is 8.84. The number of rotatable bonds is 0. The second kappa shape index (κ2) is 2.81. The van der Waals surface area contributed by atoms with E-state index in [1.54, 1.807) is 0 Å². The van der Waals surface area contributed by atoms with Crippen molar-refractivity contribution in [1.29, 1.82) is 0 Å². The monoisotopic (exact) mass is 181 g/mol. The Labute approximate surface area is 80.3 Å². The lowest BCUT2D eigenvalue weighted by Crippen LogP contribution is -2.51. The largest absolute Gasteiger partial charge is 0.299 e. The molecule has 1 aliphatic carbocycles. The fraction of sp³-hybridized carbons (Fsp3) is 0.909. The molecule has 2 heteroatoms. The quantitative estimate of drug-likeness (QED) is 0.567. The van der Waals surface area contributed by atoms with Crippen LogP contribution in [-0.2, 0) is 4.79 Å². The molecule has 0 N–H and O–H groups in total. The molecular weight excluding hydrogens is 162 g/mol. The van der Waals surface area contributed by atoms with Gasteiger partial charge in [-0.25, -0.2) is 0 Å². The van der Waals surface area contributed by atoms with E-state index < -0.39 is 0 Å². The van der Waals surface area contributed by atoms with Gasteiger partial charge in [0.2, 0.25) is 0 Å². The molecular formula is C11H19NO. The van der Waals surface area contributed by atoms with Gasteiger partial charge >= 0.3 is 0 Å². The Morgan fingerprint density at radius 3 is 2.00 bits per heavy atom. The van der Waals surface area contributed by atoms with Crippen molar-refractivity contribution in [2.45, 2.75) is 39.2 Å². The number of carbonyl (C=O) groups excluding carboxylic acids is 1. The number of hydrogen-bond acceptors (Lipinski definition) is 2. The number of hydrogen-bond donors (Lipinski definition) is 0.